The minimum atomic E-state index is -0.677. The first kappa shape index (κ1) is 25.6. The fourth-order valence-corrected chi connectivity index (χ4v) is 3.66. The van der Waals surface area contributed by atoms with E-state index >= 15 is 0 Å². The quantitative estimate of drug-likeness (QED) is 0.347. The Hall–Kier alpha value is -4.00. The van der Waals surface area contributed by atoms with Gasteiger partial charge in [0.15, 0.2) is 5.78 Å². The largest absolute Gasteiger partial charge is 0.464 e. The van der Waals surface area contributed by atoms with Gasteiger partial charge in [0.05, 0.1) is 13.0 Å². The van der Waals surface area contributed by atoms with E-state index in [0.717, 1.165) is 5.56 Å². The zero-order chi connectivity index (χ0) is 25.6. The molecule has 0 spiro atoms. The first-order valence-corrected chi connectivity index (χ1v) is 11.3. The maximum atomic E-state index is 13.7. The number of aromatic nitrogens is 1. The van der Waals surface area contributed by atoms with Crippen LogP contribution in [0.3, 0.4) is 0 Å². The second kappa shape index (κ2) is 11.0. The van der Waals surface area contributed by atoms with Gasteiger partial charge in [0.1, 0.15) is 11.3 Å². The predicted octanol–water partition coefficient (Wildman–Crippen LogP) is 5.73. The van der Waals surface area contributed by atoms with E-state index in [0.29, 0.717) is 22.5 Å². The van der Waals surface area contributed by atoms with Crippen molar-refractivity contribution in [2.45, 2.75) is 45.6 Å². The zero-order valence-corrected chi connectivity index (χ0v) is 20.6. The van der Waals surface area contributed by atoms with E-state index in [1.807, 2.05) is 31.2 Å². The molecular weight excluding hydrogens is 444 g/mol. The molecule has 1 aromatic heterocycles. The Labute approximate surface area is 205 Å². The molecule has 0 bridgehead atoms. The van der Waals surface area contributed by atoms with Gasteiger partial charge < -0.3 is 9.47 Å². The molecule has 0 saturated heterocycles. The number of pyridine rings is 1. The average Bonchev–Trinajstić information content (AvgIpc) is 2.81. The third kappa shape index (κ3) is 6.99. The van der Waals surface area contributed by atoms with E-state index in [1.165, 1.54) is 7.11 Å². The van der Waals surface area contributed by atoms with Crippen molar-refractivity contribution in [3.05, 3.63) is 94.8 Å². The Balaban J connectivity index is 2.05. The molecule has 1 N–H and O–H groups in total. The van der Waals surface area contributed by atoms with Crippen molar-refractivity contribution >= 4 is 23.5 Å². The van der Waals surface area contributed by atoms with E-state index in [2.05, 4.69) is 10.3 Å². The number of ketones is 1. The number of amides is 1. The molecule has 3 rings (SSSR count). The molecule has 0 radical (unpaired) electrons. The summed E-state index contributed by atoms with van der Waals surface area (Å²) in [6.45, 7) is 7.25. The maximum absolute atomic E-state index is 13.7. The minimum absolute atomic E-state index is 0.132. The van der Waals surface area contributed by atoms with Crippen molar-refractivity contribution in [3.8, 4) is 0 Å². The number of methoxy groups -OCH3 is 1. The van der Waals surface area contributed by atoms with Crippen molar-refractivity contribution in [2.75, 3.05) is 12.4 Å². The van der Waals surface area contributed by atoms with Crippen LogP contribution in [-0.2, 0) is 15.9 Å². The van der Waals surface area contributed by atoms with E-state index in [-0.39, 0.29) is 17.9 Å². The van der Waals surface area contributed by atoms with Gasteiger partial charge in [-0.15, -0.1) is 0 Å². The van der Waals surface area contributed by atoms with Crippen LogP contribution in [0.1, 0.15) is 64.4 Å². The van der Waals surface area contributed by atoms with Crippen LogP contribution in [0.15, 0.2) is 66.7 Å². The zero-order valence-electron chi connectivity index (χ0n) is 20.6. The van der Waals surface area contributed by atoms with Crippen molar-refractivity contribution in [2.24, 2.45) is 0 Å². The number of benzene rings is 2. The third-order valence-electron chi connectivity index (χ3n) is 5.21. The number of nitrogens with one attached hydrogen (secondary N) is 1. The molecule has 1 atom stereocenters. The Morgan fingerprint density at radius 3 is 2.34 bits per heavy atom. The van der Waals surface area contributed by atoms with Crippen LogP contribution < -0.4 is 5.32 Å². The molecule has 3 aromatic rings. The number of hydrogen-bond donors (Lipinski definition) is 1. The molecule has 182 valence electrons. The Kier molecular flexibility index (Phi) is 8.02. The molecule has 1 unspecified atom stereocenters. The number of carbonyl (C=O) groups is 3. The van der Waals surface area contributed by atoms with Gasteiger partial charge in [-0.2, -0.15) is 0 Å². The molecule has 7 nitrogen and oxygen atoms in total. The number of rotatable bonds is 7. The predicted molar refractivity (Wildman–Crippen MR) is 134 cm³/mol. The van der Waals surface area contributed by atoms with Crippen LogP contribution in [0.25, 0.3) is 0 Å². The monoisotopic (exact) mass is 474 g/mol. The lowest BCUT2D eigenvalue weighted by molar-refractivity contribution is 0.0591. The number of carbonyl (C=O) groups excluding carboxylic acids is 3. The van der Waals surface area contributed by atoms with Gasteiger partial charge in [-0.05, 0) is 57.0 Å². The van der Waals surface area contributed by atoms with E-state index in [9.17, 15) is 14.4 Å². The summed E-state index contributed by atoms with van der Waals surface area (Å²) in [5, 5.41) is 2.81. The number of anilines is 1. The molecule has 0 aliphatic heterocycles. The van der Waals surface area contributed by atoms with E-state index < -0.39 is 23.6 Å². The van der Waals surface area contributed by atoms with Crippen molar-refractivity contribution in [3.63, 3.8) is 0 Å². The number of Topliss-reactive ketones (excluding diaryl/α,β-unsaturated/α-hetero) is 1. The highest BCUT2D eigenvalue weighted by atomic mass is 16.6. The van der Waals surface area contributed by atoms with Gasteiger partial charge in [-0.3, -0.25) is 10.1 Å². The smallest absolute Gasteiger partial charge is 0.412 e. The number of nitrogens with zero attached hydrogens (tertiary/aromatic N) is 1. The van der Waals surface area contributed by atoms with Gasteiger partial charge in [0, 0.05) is 23.4 Å². The average molecular weight is 475 g/mol. The lowest BCUT2D eigenvalue weighted by Crippen LogP contribution is -2.28. The lowest BCUT2D eigenvalue weighted by Gasteiger charge is -2.23. The van der Waals surface area contributed by atoms with Gasteiger partial charge in [-0.25, -0.2) is 14.6 Å². The normalized spacial score (nSPS) is 11.9. The Morgan fingerprint density at radius 1 is 0.971 bits per heavy atom. The molecule has 0 saturated carbocycles. The summed E-state index contributed by atoms with van der Waals surface area (Å²) in [6, 6.07) is 19.5. The molecule has 1 amide bonds. The van der Waals surface area contributed by atoms with E-state index in [1.54, 1.807) is 63.2 Å². The first-order chi connectivity index (χ1) is 16.6. The van der Waals surface area contributed by atoms with Crippen LogP contribution in [-0.4, -0.2) is 35.5 Å². The fraction of sp³-hybridized carbons (Fsp3) is 0.286. The molecule has 1 heterocycles. The Morgan fingerprint density at radius 2 is 1.69 bits per heavy atom. The summed E-state index contributed by atoms with van der Waals surface area (Å²) in [6.07, 6.45) is -0.397. The second-order valence-corrected chi connectivity index (χ2v) is 9.21. The number of hydrogen-bond acceptors (Lipinski definition) is 6. The van der Waals surface area contributed by atoms with Crippen LogP contribution >= 0.6 is 0 Å². The molecule has 35 heavy (non-hydrogen) atoms. The Bertz CT molecular complexity index is 1220. The summed E-state index contributed by atoms with van der Waals surface area (Å²) >= 11 is 0. The molecular formula is C28H30N2O5. The molecule has 2 aromatic carbocycles. The van der Waals surface area contributed by atoms with Crippen LogP contribution in [0.4, 0.5) is 10.5 Å². The first-order valence-electron chi connectivity index (χ1n) is 11.3. The maximum Gasteiger partial charge on any atom is 0.412 e. The van der Waals surface area contributed by atoms with Crippen molar-refractivity contribution in [1.82, 2.24) is 4.98 Å². The summed E-state index contributed by atoms with van der Waals surface area (Å²) in [7, 11) is 1.29. The van der Waals surface area contributed by atoms with Gasteiger partial charge in [0.2, 0.25) is 0 Å². The minimum Gasteiger partial charge on any atom is -0.464 e. The molecule has 0 aliphatic rings. The van der Waals surface area contributed by atoms with E-state index in [4.69, 9.17) is 9.47 Å². The molecule has 7 heteroatoms. The number of ether oxygens (including phenoxy) is 2. The summed E-state index contributed by atoms with van der Waals surface area (Å²) < 4.78 is 10.2. The molecule has 0 fully saturated rings. The number of aryl methyl sites for hydroxylation is 1. The van der Waals surface area contributed by atoms with Crippen molar-refractivity contribution in [1.29, 1.82) is 0 Å². The summed E-state index contributed by atoms with van der Waals surface area (Å²) in [5.74, 6) is -1.37. The second-order valence-electron chi connectivity index (χ2n) is 9.21. The van der Waals surface area contributed by atoms with Gasteiger partial charge in [0.25, 0.3) is 0 Å². The summed E-state index contributed by atoms with van der Waals surface area (Å²) in [5.41, 5.74) is 2.59. The highest BCUT2D eigenvalue weighted by molar-refractivity contribution is 6.02. The number of esters is 1. The van der Waals surface area contributed by atoms with Crippen LogP contribution in [0, 0.1) is 6.92 Å². The SMILES string of the molecule is COC(=O)c1cccc(CC(C(=O)c2ccccc2)c2ccc(C)cc2NC(=O)OC(C)(C)C)n1. The molecule has 0 aliphatic carbocycles. The van der Waals surface area contributed by atoms with Crippen LogP contribution in [0.5, 0.6) is 0 Å². The fourth-order valence-electron chi connectivity index (χ4n) is 3.66. The highest BCUT2D eigenvalue weighted by Crippen LogP contribution is 2.32. The topological polar surface area (TPSA) is 94.6 Å². The van der Waals surface area contributed by atoms with Crippen LogP contribution in [0.2, 0.25) is 0 Å². The van der Waals surface area contributed by atoms with Crippen molar-refractivity contribution < 1.29 is 23.9 Å². The highest BCUT2D eigenvalue weighted by Gasteiger charge is 2.27. The lowest BCUT2D eigenvalue weighted by atomic mass is 9.85. The standard InChI is InChI=1S/C28H30N2O5/c1-18-14-15-21(24(16-18)30-27(33)35-28(2,3)4)22(25(31)19-10-7-6-8-11-19)17-20-12-9-13-23(29-20)26(32)34-5/h6-16,22H,17H2,1-5H3,(H,30,33). The third-order valence-corrected chi connectivity index (χ3v) is 5.21. The van der Waals surface area contributed by atoms with Gasteiger partial charge in [-0.1, -0.05) is 48.5 Å². The van der Waals surface area contributed by atoms with Gasteiger partial charge >= 0.3 is 12.1 Å². The summed E-state index contributed by atoms with van der Waals surface area (Å²) in [4.78, 5) is 42.7.